The molecule has 4 atom stereocenters. The summed E-state index contributed by atoms with van der Waals surface area (Å²) in [4.78, 5) is 20.1. The molecule has 3 saturated heterocycles. The van der Waals surface area contributed by atoms with Gasteiger partial charge in [-0.3, -0.25) is 9.69 Å². The maximum atomic E-state index is 12.8. The van der Waals surface area contributed by atoms with E-state index in [1.807, 2.05) is 23.6 Å². The van der Waals surface area contributed by atoms with Crippen molar-refractivity contribution in [3.05, 3.63) is 52.0 Å². The van der Waals surface area contributed by atoms with E-state index in [-0.39, 0.29) is 30.7 Å². The summed E-state index contributed by atoms with van der Waals surface area (Å²) < 4.78 is 0. The van der Waals surface area contributed by atoms with E-state index < -0.39 is 0 Å². The first-order valence-electron chi connectivity index (χ1n) is 11.0. The second-order valence-corrected chi connectivity index (χ2v) is 9.72. The first-order chi connectivity index (χ1) is 14.3. The molecule has 3 aliphatic heterocycles. The molecule has 170 valence electrons. The molecule has 3 aliphatic rings. The smallest absolute Gasteiger partial charge is 0.270 e. The molecule has 0 spiro atoms. The number of rotatable bonds is 5. The molecule has 0 radical (unpaired) electrons. The fraction of sp³-hybridized carbons (Fsp3) is 0.565. The van der Waals surface area contributed by atoms with Crippen LogP contribution in [0.15, 0.2) is 35.7 Å². The number of thiazole rings is 1. The lowest BCUT2D eigenvalue weighted by Gasteiger charge is -2.55. The average Bonchev–Trinajstić information content (AvgIpc) is 3.23. The van der Waals surface area contributed by atoms with Gasteiger partial charge in [-0.05, 0) is 56.3 Å². The van der Waals surface area contributed by atoms with E-state index in [9.17, 15) is 4.79 Å². The SMILES string of the molecule is Cl.Cl.O=C(NC[C@H]1[C@@H]2CNC[C@@H](C2)[C@@H]2CCCCN21)c1csc(Cc2ccccc2)n1. The number of nitrogens with one attached hydrogen (secondary N) is 2. The van der Waals surface area contributed by atoms with Gasteiger partial charge in [0.1, 0.15) is 5.69 Å². The fourth-order valence-electron chi connectivity index (χ4n) is 5.60. The summed E-state index contributed by atoms with van der Waals surface area (Å²) in [6.45, 7) is 4.17. The molecular weight excluding hydrogens is 451 g/mol. The van der Waals surface area contributed by atoms with Crippen molar-refractivity contribution < 1.29 is 4.79 Å². The highest BCUT2D eigenvalue weighted by atomic mass is 35.5. The number of benzene rings is 1. The van der Waals surface area contributed by atoms with Crippen molar-refractivity contribution >= 4 is 42.1 Å². The van der Waals surface area contributed by atoms with Crippen molar-refractivity contribution in [1.29, 1.82) is 0 Å². The molecule has 2 aromatic rings. The minimum Gasteiger partial charge on any atom is -0.349 e. The van der Waals surface area contributed by atoms with Gasteiger partial charge in [-0.15, -0.1) is 36.2 Å². The second kappa shape index (κ2) is 11.1. The van der Waals surface area contributed by atoms with Crippen molar-refractivity contribution in [3.8, 4) is 0 Å². The average molecular weight is 484 g/mol. The molecule has 1 aromatic carbocycles. The first kappa shape index (κ1) is 24.5. The summed E-state index contributed by atoms with van der Waals surface area (Å²) in [6, 6.07) is 11.5. The minimum atomic E-state index is -0.0278. The number of halogens is 2. The van der Waals surface area contributed by atoms with Gasteiger partial charge in [0, 0.05) is 30.4 Å². The van der Waals surface area contributed by atoms with E-state index in [4.69, 9.17) is 0 Å². The summed E-state index contributed by atoms with van der Waals surface area (Å²) >= 11 is 1.57. The van der Waals surface area contributed by atoms with Gasteiger partial charge in [0.2, 0.25) is 0 Å². The number of carbonyl (C=O) groups excluding carboxylic acids is 1. The van der Waals surface area contributed by atoms with Crippen LogP contribution in [-0.2, 0) is 6.42 Å². The third kappa shape index (κ3) is 5.42. The highest BCUT2D eigenvalue weighted by molar-refractivity contribution is 7.09. The summed E-state index contributed by atoms with van der Waals surface area (Å²) in [7, 11) is 0. The van der Waals surface area contributed by atoms with Crippen LogP contribution in [0.25, 0.3) is 0 Å². The molecule has 3 fully saturated rings. The van der Waals surface area contributed by atoms with Crippen LogP contribution in [0.4, 0.5) is 0 Å². The van der Waals surface area contributed by atoms with Gasteiger partial charge in [-0.1, -0.05) is 36.8 Å². The van der Waals surface area contributed by atoms with E-state index in [0.717, 1.165) is 30.4 Å². The van der Waals surface area contributed by atoms with Crippen molar-refractivity contribution in [2.45, 2.75) is 44.2 Å². The zero-order valence-corrected chi connectivity index (χ0v) is 20.1. The molecule has 5 rings (SSSR count). The monoisotopic (exact) mass is 482 g/mol. The third-order valence-corrected chi connectivity index (χ3v) is 7.83. The van der Waals surface area contributed by atoms with Gasteiger partial charge in [0.25, 0.3) is 5.91 Å². The Kier molecular flexibility index (Phi) is 8.76. The number of piperidine rings is 3. The first-order valence-corrected chi connectivity index (χ1v) is 11.9. The lowest BCUT2D eigenvalue weighted by Crippen LogP contribution is -2.65. The minimum absolute atomic E-state index is 0. The van der Waals surface area contributed by atoms with Crippen LogP contribution < -0.4 is 10.6 Å². The van der Waals surface area contributed by atoms with Crippen molar-refractivity contribution in [2.75, 3.05) is 26.2 Å². The Balaban J connectivity index is 0.00000136. The Bertz CT molecular complexity index is 849. The third-order valence-electron chi connectivity index (χ3n) is 6.98. The molecule has 2 bridgehead atoms. The lowest BCUT2D eigenvalue weighted by molar-refractivity contribution is -0.0371. The van der Waals surface area contributed by atoms with E-state index >= 15 is 0 Å². The topological polar surface area (TPSA) is 57.3 Å². The molecule has 1 aromatic heterocycles. The Morgan fingerprint density at radius 3 is 2.81 bits per heavy atom. The Hall–Kier alpha value is -1.18. The Morgan fingerprint density at radius 1 is 1.16 bits per heavy atom. The maximum absolute atomic E-state index is 12.8. The molecule has 0 unspecified atom stereocenters. The number of carbonyl (C=O) groups is 1. The largest absolute Gasteiger partial charge is 0.349 e. The van der Waals surface area contributed by atoms with E-state index in [1.165, 1.54) is 44.3 Å². The van der Waals surface area contributed by atoms with Gasteiger partial charge >= 0.3 is 0 Å². The number of nitrogens with zero attached hydrogens (tertiary/aromatic N) is 2. The molecule has 5 nitrogen and oxygen atoms in total. The zero-order valence-electron chi connectivity index (χ0n) is 17.7. The second-order valence-electron chi connectivity index (χ2n) is 8.78. The molecule has 31 heavy (non-hydrogen) atoms. The van der Waals surface area contributed by atoms with E-state index in [0.29, 0.717) is 23.7 Å². The fourth-order valence-corrected chi connectivity index (χ4v) is 6.41. The van der Waals surface area contributed by atoms with Crippen LogP contribution in [0.3, 0.4) is 0 Å². The van der Waals surface area contributed by atoms with E-state index in [1.54, 1.807) is 11.3 Å². The van der Waals surface area contributed by atoms with Crippen LogP contribution in [0, 0.1) is 11.8 Å². The molecule has 1 amide bonds. The number of fused-ring (bicyclic) bond motifs is 4. The lowest BCUT2D eigenvalue weighted by atomic mass is 9.73. The van der Waals surface area contributed by atoms with Crippen molar-refractivity contribution in [2.24, 2.45) is 11.8 Å². The van der Waals surface area contributed by atoms with Gasteiger partial charge in [0.05, 0.1) is 5.01 Å². The van der Waals surface area contributed by atoms with Crippen LogP contribution in [-0.4, -0.2) is 54.1 Å². The molecule has 2 N–H and O–H groups in total. The summed E-state index contributed by atoms with van der Waals surface area (Å²) in [6.07, 6.45) is 6.06. The number of hydrogen-bond acceptors (Lipinski definition) is 5. The molecule has 0 aliphatic carbocycles. The van der Waals surface area contributed by atoms with Crippen LogP contribution >= 0.6 is 36.2 Å². The van der Waals surface area contributed by atoms with Gasteiger partial charge in [-0.2, -0.15) is 0 Å². The van der Waals surface area contributed by atoms with Gasteiger partial charge < -0.3 is 10.6 Å². The van der Waals surface area contributed by atoms with Crippen molar-refractivity contribution in [3.63, 3.8) is 0 Å². The number of aromatic nitrogens is 1. The highest BCUT2D eigenvalue weighted by Gasteiger charge is 2.45. The van der Waals surface area contributed by atoms with Crippen molar-refractivity contribution in [1.82, 2.24) is 20.5 Å². The number of amides is 1. The van der Waals surface area contributed by atoms with Crippen LogP contribution in [0.5, 0.6) is 0 Å². The predicted molar refractivity (Wildman–Crippen MR) is 131 cm³/mol. The number of hydrogen-bond donors (Lipinski definition) is 2. The van der Waals surface area contributed by atoms with E-state index in [2.05, 4.69) is 32.7 Å². The quantitative estimate of drug-likeness (QED) is 0.680. The highest BCUT2D eigenvalue weighted by Crippen LogP contribution is 2.38. The summed E-state index contributed by atoms with van der Waals surface area (Å²) in [5, 5.41) is 9.76. The normalized spacial score (nSPS) is 27.4. The van der Waals surface area contributed by atoms with Crippen LogP contribution in [0.1, 0.15) is 46.7 Å². The van der Waals surface area contributed by atoms with Crippen LogP contribution in [0.2, 0.25) is 0 Å². The molecule has 0 saturated carbocycles. The molecule has 4 heterocycles. The Labute approximate surface area is 201 Å². The summed E-state index contributed by atoms with van der Waals surface area (Å²) in [5.41, 5.74) is 1.79. The standard InChI is InChI=1S/C23H30N4OS.2ClH/c28-23(19-15-29-22(26-19)10-16-6-2-1-3-7-16)25-14-21-18-11-17(12-24-13-18)20-8-4-5-9-27(20)21;;/h1-3,6-7,15,17-18,20-21,24H,4-5,8-14H2,(H,25,28);2*1H/t17-,18+,20+,21+;;/m1../s1. The van der Waals surface area contributed by atoms with Gasteiger partial charge in [0.15, 0.2) is 0 Å². The Morgan fingerprint density at radius 2 is 1.97 bits per heavy atom. The maximum Gasteiger partial charge on any atom is 0.270 e. The summed E-state index contributed by atoms with van der Waals surface area (Å²) in [5.74, 6) is 1.41. The van der Waals surface area contributed by atoms with Gasteiger partial charge in [-0.25, -0.2) is 4.98 Å². The molecule has 8 heteroatoms. The zero-order chi connectivity index (χ0) is 19.6. The predicted octanol–water partition coefficient (Wildman–Crippen LogP) is 3.77. The molecular formula is C23H32Cl2N4OS.